The molecule has 0 aliphatic carbocycles. The Morgan fingerprint density at radius 2 is 1.62 bits per heavy atom. The van der Waals surface area contributed by atoms with E-state index < -0.39 is 12.1 Å². The maximum absolute atomic E-state index is 13.4. The SMILES string of the molecule is CCC(=O)CCCCC[C@H](NC(=O)Cc1c(C)[nH]c2ccc(OC)cc12)c1ncc(-c2ccc(OC)cc2OC)[nH]1.O=C(O)C(F)(F)F. The summed E-state index contributed by atoms with van der Waals surface area (Å²) in [6, 6.07) is 11.1. The average molecular weight is 675 g/mol. The molecule has 0 fully saturated rings. The van der Waals surface area contributed by atoms with E-state index >= 15 is 0 Å². The van der Waals surface area contributed by atoms with Gasteiger partial charge in [-0.1, -0.05) is 19.8 Å². The zero-order valence-electron chi connectivity index (χ0n) is 27.5. The number of carbonyl (C=O) groups excluding carboxylic acids is 2. The standard InChI is InChI=1S/C32H40N4O5.C2HF3O2/c1-6-21(37)10-8-7-9-11-28(32-33-19-29(36-32)24-14-12-23(40-4)17-30(24)41-5)35-31(38)18-25-20(2)34-27-15-13-22(39-3)16-26(25)27;3-2(4,5)1(6)7/h12-17,19,28,34H,6-11,18H2,1-5H3,(H,33,36)(H,35,38);(H,6,7)/t28-;/m0./s1. The van der Waals surface area contributed by atoms with Crippen LogP contribution in [0.1, 0.15) is 68.6 Å². The third-order valence-corrected chi connectivity index (χ3v) is 7.71. The van der Waals surface area contributed by atoms with E-state index in [1.54, 1.807) is 27.5 Å². The number of ether oxygens (including phenoxy) is 3. The first-order valence-corrected chi connectivity index (χ1v) is 15.3. The first kappa shape index (κ1) is 37.4. The first-order chi connectivity index (χ1) is 22.8. The molecule has 2 heterocycles. The maximum atomic E-state index is 13.4. The highest BCUT2D eigenvalue weighted by Crippen LogP contribution is 2.33. The molecule has 11 nitrogen and oxygen atoms in total. The number of hydrogen-bond donors (Lipinski definition) is 4. The molecule has 0 aliphatic rings. The van der Waals surface area contributed by atoms with E-state index in [2.05, 4.69) is 20.3 Å². The minimum absolute atomic E-state index is 0.0945. The fourth-order valence-electron chi connectivity index (χ4n) is 5.10. The zero-order valence-corrected chi connectivity index (χ0v) is 27.5. The molecule has 0 saturated carbocycles. The number of imidazole rings is 1. The molecular formula is C34H41F3N4O7. The summed E-state index contributed by atoms with van der Waals surface area (Å²) in [5, 5.41) is 11.3. The van der Waals surface area contributed by atoms with Gasteiger partial charge in [0.05, 0.1) is 45.7 Å². The van der Waals surface area contributed by atoms with Crippen molar-refractivity contribution >= 4 is 28.6 Å². The molecule has 1 atom stereocenters. The lowest BCUT2D eigenvalue weighted by molar-refractivity contribution is -0.192. The van der Waals surface area contributed by atoms with Crippen LogP contribution in [0.2, 0.25) is 0 Å². The Labute approximate surface area is 276 Å². The van der Waals surface area contributed by atoms with Gasteiger partial charge in [0, 0.05) is 41.1 Å². The number of benzene rings is 2. The number of aromatic amines is 2. The number of aromatic nitrogens is 3. The fraction of sp³-hybridized carbons (Fsp3) is 0.412. The van der Waals surface area contributed by atoms with Crippen LogP contribution >= 0.6 is 0 Å². The summed E-state index contributed by atoms with van der Waals surface area (Å²) < 4.78 is 48.1. The van der Waals surface area contributed by atoms with Crippen LogP contribution in [0.25, 0.3) is 22.2 Å². The molecule has 14 heteroatoms. The van der Waals surface area contributed by atoms with E-state index in [4.69, 9.17) is 24.1 Å². The number of aliphatic carboxylic acids is 1. The smallest absolute Gasteiger partial charge is 0.490 e. The number of nitrogens with one attached hydrogen (secondary N) is 3. The topological polar surface area (TPSA) is 156 Å². The number of Topliss-reactive ketones (excluding diaryl/α,β-unsaturated/α-hetero) is 1. The Morgan fingerprint density at radius 3 is 2.25 bits per heavy atom. The number of hydrogen-bond acceptors (Lipinski definition) is 7. The lowest BCUT2D eigenvalue weighted by atomic mass is 10.0. The largest absolute Gasteiger partial charge is 0.497 e. The summed E-state index contributed by atoms with van der Waals surface area (Å²) in [5.74, 6) is 0.205. The van der Waals surface area contributed by atoms with Crippen LogP contribution in [0.5, 0.6) is 17.2 Å². The second-order valence-corrected chi connectivity index (χ2v) is 11.0. The van der Waals surface area contributed by atoms with Gasteiger partial charge < -0.3 is 34.6 Å². The molecule has 0 saturated heterocycles. The van der Waals surface area contributed by atoms with E-state index in [1.807, 2.05) is 50.2 Å². The van der Waals surface area contributed by atoms with E-state index in [9.17, 15) is 22.8 Å². The van der Waals surface area contributed by atoms with Crippen LogP contribution in [-0.2, 0) is 20.8 Å². The molecule has 0 spiro atoms. The summed E-state index contributed by atoms with van der Waals surface area (Å²) in [4.78, 5) is 45.5. The van der Waals surface area contributed by atoms with Crippen molar-refractivity contribution in [2.75, 3.05) is 21.3 Å². The number of carbonyl (C=O) groups is 3. The first-order valence-electron chi connectivity index (χ1n) is 15.3. The minimum atomic E-state index is -5.08. The van der Waals surface area contributed by atoms with Crippen molar-refractivity contribution in [3.8, 4) is 28.5 Å². The molecule has 2 aromatic heterocycles. The lowest BCUT2D eigenvalue weighted by Crippen LogP contribution is -2.30. The molecule has 0 aliphatic heterocycles. The Morgan fingerprint density at radius 1 is 0.958 bits per heavy atom. The number of unbranched alkanes of at least 4 members (excludes halogenated alkanes) is 2. The summed E-state index contributed by atoms with van der Waals surface area (Å²) >= 11 is 0. The Balaban J connectivity index is 0.000000804. The molecule has 260 valence electrons. The number of rotatable bonds is 15. The number of methoxy groups -OCH3 is 3. The summed E-state index contributed by atoms with van der Waals surface area (Å²) in [5.41, 5.74) is 4.49. The highest BCUT2D eigenvalue weighted by Gasteiger charge is 2.38. The van der Waals surface area contributed by atoms with Crippen molar-refractivity contribution in [2.24, 2.45) is 0 Å². The Kier molecular flexibility index (Phi) is 13.4. The molecule has 4 rings (SSSR count). The number of halogens is 3. The second kappa shape index (κ2) is 17.2. The van der Waals surface area contributed by atoms with Gasteiger partial charge in [0.15, 0.2) is 0 Å². The predicted octanol–water partition coefficient (Wildman–Crippen LogP) is 6.86. The van der Waals surface area contributed by atoms with E-state index in [0.717, 1.165) is 58.4 Å². The van der Waals surface area contributed by atoms with E-state index in [1.165, 1.54) is 0 Å². The molecule has 48 heavy (non-hydrogen) atoms. The summed E-state index contributed by atoms with van der Waals surface area (Å²) in [6.45, 7) is 3.87. The third kappa shape index (κ3) is 10.2. The van der Waals surface area contributed by atoms with Crippen LogP contribution in [-0.4, -0.2) is 65.2 Å². The molecule has 4 aromatic rings. The molecule has 1 amide bonds. The van der Waals surface area contributed by atoms with Gasteiger partial charge in [-0.3, -0.25) is 9.59 Å². The highest BCUT2D eigenvalue weighted by atomic mass is 19.4. The normalized spacial score (nSPS) is 11.8. The average Bonchev–Trinajstić information content (AvgIpc) is 3.67. The Hall–Kier alpha value is -5.01. The minimum Gasteiger partial charge on any atom is -0.497 e. The fourth-order valence-corrected chi connectivity index (χ4v) is 5.10. The number of fused-ring (bicyclic) bond motifs is 1. The van der Waals surface area contributed by atoms with Gasteiger partial charge in [-0.05, 0) is 55.7 Å². The summed E-state index contributed by atoms with van der Waals surface area (Å²) in [7, 11) is 4.86. The Bertz CT molecular complexity index is 1700. The highest BCUT2D eigenvalue weighted by molar-refractivity contribution is 5.91. The second-order valence-electron chi connectivity index (χ2n) is 11.0. The van der Waals surface area contributed by atoms with Crippen molar-refractivity contribution in [1.29, 1.82) is 0 Å². The van der Waals surface area contributed by atoms with Gasteiger partial charge in [-0.25, -0.2) is 9.78 Å². The van der Waals surface area contributed by atoms with Gasteiger partial charge in [-0.2, -0.15) is 13.2 Å². The van der Waals surface area contributed by atoms with Crippen molar-refractivity contribution in [1.82, 2.24) is 20.3 Å². The number of H-pyrrole nitrogens is 2. The van der Waals surface area contributed by atoms with Crippen molar-refractivity contribution in [2.45, 2.75) is 71.0 Å². The number of aryl methyl sites for hydroxylation is 1. The third-order valence-electron chi connectivity index (χ3n) is 7.71. The number of carboxylic acid groups (broad SMARTS) is 1. The number of nitrogens with zero attached hydrogens (tertiary/aromatic N) is 1. The van der Waals surface area contributed by atoms with E-state index in [-0.39, 0.29) is 24.2 Å². The van der Waals surface area contributed by atoms with Crippen LogP contribution in [0.15, 0.2) is 42.6 Å². The number of alkyl halides is 3. The van der Waals surface area contributed by atoms with Crippen LogP contribution in [0.4, 0.5) is 13.2 Å². The molecule has 0 radical (unpaired) electrons. The van der Waals surface area contributed by atoms with Gasteiger partial charge in [-0.15, -0.1) is 0 Å². The predicted molar refractivity (Wildman–Crippen MR) is 173 cm³/mol. The van der Waals surface area contributed by atoms with Crippen molar-refractivity contribution in [3.05, 3.63) is 59.7 Å². The number of amides is 1. The maximum Gasteiger partial charge on any atom is 0.490 e. The van der Waals surface area contributed by atoms with Gasteiger partial charge >= 0.3 is 12.1 Å². The number of carboxylic acids is 1. The molecule has 4 N–H and O–H groups in total. The molecule has 0 unspecified atom stereocenters. The van der Waals surface area contributed by atoms with E-state index in [0.29, 0.717) is 36.6 Å². The monoisotopic (exact) mass is 674 g/mol. The van der Waals surface area contributed by atoms with Crippen LogP contribution in [0.3, 0.4) is 0 Å². The number of ketones is 1. The zero-order chi connectivity index (χ0) is 35.4. The van der Waals surface area contributed by atoms with Crippen molar-refractivity contribution in [3.63, 3.8) is 0 Å². The van der Waals surface area contributed by atoms with Crippen LogP contribution in [0, 0.1) is 6.92 Å². The van der Waals surface area contributed by atoms with Gasteiger partial charge in [0.1, 0.15) is 28.9 Å². The van der Waals surface area contributed by atoms with Crippen LogP contribution < -0.4 is 19.5 Å². The lowest BCUT2D eigenvalue weighted by Gasteiger charge is -2.17. The molecular weight excluding hydrogens is 633 g/mol. The molecule has 2 aromatic carbocycles. The molecule has 0 bridgehead atoms. The van der Waals surface area contributed by atoms with Crippen molar-refractivity contribution < 1.29 is 46.9 Å². The van der Waals surface area contributed by atoms with Gasteiger partial charge in [0.2, 0.25) is 5.91 Å². The van der Waals surface area contributed by atoms with Gasteiger partial charge in [0.25, 0.3) is 0 Å². The summed E-state index contributed by atoms with van der Waals surface area (Å²) in [6.07, 6.45) is 1.36. The quantitative estimate of drug-likeness (QED) is 0.0998.